The molecule has 11 nitrogen and oxygen atoms in total. The molecule has 1 aliphatic carbocycles. The summed E-state index contributed by atoms with van der Waals surface area (Å²) in [6.07, 6.45) is 9.30. The summed E-state index contributed by atoms with van der Waals surface area (Å²) in [6, 6.07) is 7.37. The van der Waals surface area contributed by atoms with E-state index in [-0.39, 0.29) is 30.4 Å². The lowest BCUT2D eigenvalue weighted by molar-refractivity contribution is -0.126. The number of halogens is 1. The number of benzene rings is 1. The molecule has 1 saturated carbocycles. The number of aromatic nitrogens is 3. The normalized spacial score (nSPS) is 14.8. The molecule has 4 rings (SSSR count). The van der Waals surface area contributed by atoms with Gasteiger partial charge >= 0.3 is 0 Å². The Morgan fingerprint density at radius 1 is 0.977 bits per heavy atom. The van der Waals surface area contributed by atoms with Gasteiger partial charge in [0.05, 0.1) is 17.6 Å². The molecule has 0 unspecified atom stereocenters. The zero-order chi connectivity index (χ0) is 30.8. The summed E-state index contributed by atoms with van der Waals surface area (Å²) in [5.74, 6) is -2.49. The molecule has 1 aliphatic rings. The molecule has 0 saturated heterocycles. The van der Waals surface area contributed by atoms with Crippen LogP contribution >= 0.6 is 0 Å². The fourth-order valence-electron chi connectivity index (χ4n) is 5.26. The van der Waals surface area contributed by atoms with Gasteiger partial charge in [-0.3, -0.25) is 28.8 Å². The summed E-state index contributed by atoms with van der Waals surface area (Å²) in [6.45, 7) is 4.04. The average Bonchev–Trinajstić information content (AvgIpc) is 3.51. The van der Waals surface area contributed by atoms with Crippen LogP contribution in [0.2, 0.25) is 0 Å². The van der Waals surface area contributed by atoms with Gasteiger partial charge < -0.3 is 21.3 Å². The molecule has 2 atom stereocenters. The minimum atomic E-state index is -0.963. The number of nitrogens with zero attached hydrogens (tertiary/aromatic N) is 3. The van der Waals surface area contributed by atoms with Gasteiger partial charge in [-0.05, 0) is 61.6 Å². The number of carbonyl (C=O) groups excluding carboxylic acids is 4. The summed E-state index contributed by atoms with van der Waals surface area (Å²) in [4.78, 5) is 55.6. The first-order chi connectivity index (χ1) is 20.8. The van der Waals surface area contributed by atoms with Crippen molar-refractivity contribution in [1.82, 2.24) is 25.4 Å². The number of rotatable bonds is 12. The van der Waals surface area contributed by atoms with Crippen molar-refractivity contribution in [2.24, 2.45) is 5.92 Å². The van der Waals surface area contributed by atoms with Crippen molar-refractivity contribution in [2.75, 3.05) is 10.6 Å². The molecule has 2 aromatic heterocycles. The molecule has 4 amide bonds. The highest BCUT2D eigenvalue weighted by Crippen LogP contribution is 2.28. The van der Waals surface area contributed by atoms with Crippen LogP contribution in [0.15, 0.2) is 55.0 Å². The molecule has 12 heteroatoms. The fourth-order valence-corrected chi connectivity index (χ4v) is 5.26. The Morgan fingerprint density at radius 3 is 2.44 bits per heavy atom. The first-order valence-corrected chi connectivity index (χ1v) is 14.7. The van der Waals surface area contributed by atoms with Crippen molar-refractivity contribution < 1.29 is 23.6 Å². The summed E-state index contributed by atoms with van der Waals surface area (Å²) < 4.78 is 16.9. The first kappa shape index (κ1) is 31.3. The number of anilines is 2. The number of pyridine rings is 1. The second kappa shape index (κ2) is 15.0. The Labute approximate surface area is 250 Å². The zero-order valence-electron chi connectivity index (χ0n) is 24.4. The lowest BCUT2D eigenvalue weighted by atomic mass is 9.83. The lowest BCUT2D eigenvalue weighted by Gasteiger charge is -2.30. The molecule has 0 aliphatic heterocycles. The van der Waals surface area contributed by atoms with Crippen molar-refractivity contribution in [1.29, 1.82) is 0 Å². The number of hydrogen-bond acceptors (Lipinski definition) is 6. The Bertz CT molecular complexity index is 1420. The molecule has 43 heavy (non-hydrogen) atoms. The SMILES string of the molecule is CCC(=O)N[C@H](Cc1ccc(NC(=O)[C@@H](NC(=O)c2ccnn2CC)C2CCCCC2)c(F)c1)C(=O)Nc1cccnc1. The lowest BCUT2D eigenvalue weighted by Crippen LogP contribution is -2.49. The Balaban J connectivity index is 1.48. The molecule has 1 aromatic carbocycles. The zero-order valence-corrected chi connectivity index (χ0v) is 24.4. The van der Waals surface area contributed by atoms with Gasteiger partial charge in [0.1, 0.15) is 23.6 Å². The molecular formula is C31H38FN7O4. The third-order valence-corrected chi connectivity index (χ3v) is 7.57. The monoisotopic (exact) mass is 591 g/mol. The molecule has 3 aromatic rings. The first-order valence-electron chi connectivity index (χ1n) is 14.7. The number of nitrogens with one attached hydrogen (secondary N) is 4. The van der Waals surface area contributed by atoms with Crippen LogP contribution in [0.1, 0.15) is 68.4 Å². The topological polar surface area (TPSA) is 147 Å². The third kappa shape index (κ3) is 8.46. The van der Waals surface area contributed by atoms with Crippen molar-refractivity contribution >= 4 is 35.0 Å². The van der Waals surface area contributed by atoms with Crippen LogP contribution in [0.25, 0.3) is 0 Å². The summed E-state index contributed by atoms with van der Waals surface area (Å²) >= 11 is 0. The van der Waals surface area contributed by atoms with E-state index in [2.05, 4.69) is 31.3 Å². The van der Waals surface area contributed by atoms with Gasteiger partial charge in [0.15, 0.2) is 0 Å². The maximum absolute atomic E-state index is 15.3. The smallest absolute Gasteiger partial charge is 0.270 e. The summed E-state index contributed by atoms with van der Waals surface area (Å²) in [7, 11) is 0. The van der Waals surface area contributed by atoms with Crippen LogP contribution < -0.4 is 21.3 Å². The van der Waals surface area contributed by atoms with E-state index in [1.807, 2.05) is 6.92 Å². The summed E-state index contributed by atoms with van der Waals surface area (Å²) in [5, 5.41) is 15.1. The van der Waals surface area contributed by atoms with Crippen LogP contribution in [0.3, 0.4) is 0 Å². The van der Waals surface area contributed by atoms with Gasteiger partial charge in [-0.25, -0.2) is 4.39 Å². The molecule has 4 N–H and O–H groups in total. The van der Waals surface area contributed by atoms with Crippen LogP contribution in [0, 0.1) is 11.7 Å². The maximum atomic E-state index is 15.3. The third-order valence-electron chi connectivity index (χ3n) is 7.57. The van der Waals surface area contributed by atoms with Crippen molar-refractivity contribution in [3.8, 4) is 0 Å². The van der Waals surface area contributed by atoms with E-state index in [9.17, 15) is 19.2 Å². The predicted octanol–water partition coefficient (Wildman–Crippen LogP) is 3.83. The second-order valence-corrected chi connectivity index (χ2v) is 10.6. The Morgan fingerprint density at radius 2 is 1.77 bits per heavy atom. The molecule has 0 spiro atoms. The molecule has 228 valence electrons. The molecule has 0 radical (unpaired) electrons. The number of carbonyl (C=O) groups is 4. The van der Waals surface area contributed by atoms with Gasteiger partial charge in [0.25, 0.3) is 5.91 Å². The van der Waals surface area contributed by atoms with Crippen LogP contribution in [-0.4, -0.2) is 50.5 Å². The number of hydrogen-bond donors (Lipinski definition) is 4. The molecular weight excluding hydrogens is 553 g/mol. The highest BCUT2D eigenvalue weighted by molar-refractivity contribution is 6.01. The van der Waals surface area contributed by atoms with E-state index < -0.39 is 35.6 Å². The van der Waals surface area contributed by atoms with Gasteiger partial charge in [-0.1, -0.05) is 32.3 Å². The van der Waals surface area contributed by atoms with E-state index in [1.54, 1.807) is 42.1 Å². The second-order valence-electron chi connectivity index (χ2n) is 10.6. The van der Waals surface area contributed by atoms with E-state index in [0.29, 0.717) is 23.5 Å². The average molecular weight is 592 g/mol. The van der Waals surface area contributed by atoms with Gasteiger partial charge in [-0.2, -0.15) is 5.10 Å². The highest BCUT2D eigenvalue weighted by atomic mass is 19.1. The maximum Gasteiger partial charge on any atom is 0.270 e. The predicted molar refractivity (Wildman–Crippen MR) is 160 cm³/mol. The van der Waals surface area contributed by atoms with Crippen LogP contribution in [-0.2, 0) is 27.3 Å². The molecule has 1 fully saturated rings. The number of aryl methyl sites for hydroxylation is 1. The van der Waals surface area contributed by atoms with E-state index in [4.69, 9.17) is 0 Å². The van der Waals surface area contributed by atoms with Crippen molar-refractivity contribution in [3.05, 3.63) is 72.1 Å². The quantitative estimate of drug-likeness (QED) is 0.252. The number of amides is 4. The Hall–Kier alpha value is -4.61. The highest BCUT2D eigenvalue weighted by Gasteiger charge is 2.32. The van der Waals surface area contributed by atoms with Crippen molar-refractivity contribution in [2.45, 2.75) is 77.4 Å². The van der Waals surface area contributed by atoms with Crippen LogP contribution in [0.4, 0.5) is 15.8 Å². The summed E-state index contributed by atoms with van der Waals surface area (Å²) in [5.41, 5.74) is 1.22. The fraction of sp³-hybridized carbons (Fsp3) is 0.419. The van der Waals surface area contributed by atoms with Crippen LogP contribution in [0.5, 0.6) is 0 Å². The van der Waals surface area contributed by atoms with Gasteiger partial charge in [0.2, 0.25) is 17.7 Å². The van der Waals surface area contributed by atoms with Gasteiger partial charge in [-0.15, -0.1) is 0 Å². The van der Waals surface area contributed by atoms with E-state index >= 15 is 4.39 Å². The standard InChI is InChI=1S/C31H38FN7O4/c1-3-27(40)36-25(29(41)35-22-11-8-15-33-19-22)18-20-12-13-24(23(32)17-20)37-31(43)28(21-9-6-5-7-10-21)38-30(42)26-14-16-34-39(26)4-2/h8,11-17,19,21,25,28H,3-7,9-10,18H2,1-2H3,(H,35,41)(H,36,40)(H,37,43)(H,38,42)/t25-,28+/m1/s1. The largest absolute Gasteiger partial charge is 0.344 e. The molecule has 2 heterocycles. The minimum absolute atomic E-state index is 0.0227. The Kier molecular flexibility index (Phi) is 11.0. The van der Waals surface area contributed by atoms with E-state index in [1.165, 1.54) is 24.5 Å². The van der Waals surface area contributed by atoms with Gasteiger partial charge in [0, 0.05) is 31.8 Å². The molecule has 0 bridgehead atoms. The minimum Gasteiger partial charge on any atom is -0.344 e. The van der Waals surface area contributed by atoms with E-state index in [0.717, 1.165) is 32.1 Å². The van der Waals surface area contributed by atoms with Crippen molar-refractivity contribution in [3.63, 3.8) is 0 Å².